The van der Waals surface area contributed by atoms with Gasteiger partial charge < -0.3 is 0 Å². The fourth-order valence-electron chi connectivity index (χ4n) is 2.88. The Labute approximate surface area is 95.4 Å². The molecule has 1 aliphatic carbocycles. The van der Waals surface area contributed by atoms with E-state index in [0.717, 1.165) is 18.4 Å². The van der Waals surface area contributed by atoms with Gasteiger partial charge in [-0.05, 0) is 37.0 Å². The van der Waals surface area contributed by atoms with Crippen LogP contribution >= 0.6 is 0 Å². The predicted molar refractivity (Wildman–Crippen MR) is 64.0 cm³/mol. The fourth-order valence-corrected chi connectivity index (χ4v) is 2.88. The number of rotatable bonds is 0. The monoisotopic (exact) mass is 213 g/mol. The summed E-state index contributed by atoms with van der Waals surface area (Å²) in [7, 11) is 0. The maximum absolute atomic E-state index is 12.2. The molecule has 0 radical (unpaired) electrons. The molecular formula is C14H15NO. The van der Waals surface area contributed by atoms with Crippen LogP contribution in [-0.4, -0.2) is 11.8 Å². The number of nitrogens with one attached hydrogen (secondary N) is 1. The molecule has 1 saturated heterocycles. The minimum atomic E-state index is -0.440. The average molecular weight is 213 g/mol. The van der Waals surface area contributed by atoms with E-state index in [1.165, 1.54) is 5.56 Å². The van der Waals surface area contributed by atoms with Crippen molar-refractivity contribution in [2.24, 2.45) is 0 Å². The molecule has 2 atom stereocenters. The number of hydrogen-bond acceptors (Lipinski definition) is 2. The van der Waals surface area contributed by atoms with Gasteiger partial charge in [-0.1, -0.05) is 30.3 Å². The molecule has 82 valence electrons. The van der Waals surface area contributed by atoms with Crippen molar-refractivity contribution >= 4 is 11.9 Å². The molecule has 16 heavy (non-hydrogen) atoms. The molecule has 2 nitrogen and oxygen atoms in total. The zero-order valence-electron chi connectivity index (χ0n) is 9.36. The number of carbonyl (C=O) groups excluding carboxylic acids is 1. The second-order valence-electron chi connectivity index (χ2n) is 4.77. The first-order chi connectivity index (χ1) is 7.72. The lowest BCUT2D eigenvalue weighted by atomic mass is 9.78. The Balaban J connectivity index is 2.18. The van der Waals surface area contributed by atoms with Gasteiger partial charge in [-0.2, -0.15) is 0 Å². The molecule has 1 aromatic rings. The molecule has 2 aliphatic rings. The van der Waals surface area contributed by atoms with Crippen LogP contribution in [0.1, 0.15) is 30.9 Å². The third-order valence-electron chi connectivity index (χ3n) is 3.70. The Morgan fingerprint density at radius 3 is 2.88 bits per heavy atom. The molecule has 0 amide bonds. The number of fused-ring (bicyclic) bond motifs is 2. The van der Waals surface area contributed by atoms with Gasteiger partial charge in [0.15, 0.2) is 5.78 Å². The quantitative estimate of drug-likeness (QED) is 0.716. The summed E-state index contributed by atoms with van der Waals surface area (Å²) in [6.07, 6.45) is 5.61. The first kappa shape index (κ1) is 9.79. The van der Waals surface area contributed by atoms with Gasteiger partial charge in [-0.25, -0.2) is 0 Å². The number of benzene rings is 1. The van der Waals surface area contributed by atoms with Gasteiger partial charge in [0.1, 0.15) is 5.54 Å². The zero-order chi connectivity index (χ0) is 11.2. The number of ketones is 1. The van der Waals surface area contributed by atoms with E-state index in [0.29, 0.717) is 6.04 Å². The van der Waals surface area contributed by atoms with Crippen LogP contribution in [0, 0.1) is 0 Å². The summed E-state index contributed by atoms with van der Waals surface area (Å²) < 4.78 is 0. The second kappa shape index (κ2) is 3.29. The molecule has 1 spiro atoms. The molecule has 1 fully saturated rings. The van der Waals surface area contributed by atoms with E-state index in [9.17, 15) is 4.79 Å². The summed E-state index contributed by atoms with van der Waals surface area (Å²) >= 11 is 0. The molecule has 0 unspecified atom stereocenters. The van der Waals surface area contributed by atoms with E-state index in [1.807, 2.05) is 18.2 Å². The summed E-state index contributed by atoms with van der Waals surface area (Å²) in [5, 5.41) is 3.47. The van der Waals surface area contributed by atoms with Gasteiger partial charge in [-0.3, -0.25) is 10.1 Å². The van der Waals surface area contributed by atoms with Crippen LogP contribution in [-0.2, 0) is 10.3 Å². The molecule has 0 aromatic heterocycles. The highest BCUT2D eigenvalue weighted by Crippen LogP contribution is 2.39. The highest BCUT2D eigenvalue weighted by Gasteiger charge is 2.45. The lowest BCUT2D eigenvalue weighted by Crippen LogP contribution is -2.47. The van der Waals surface area contributed by atoms with Crippen LogP contribution in [0.3, 0.4) is 0 Å². The predicted octanol–water partition coefficient (Wildman–Crippen LogP) is 2.25. The van der Waals surface area contributed by atoms with E-state index in [1.54, 1.807) is 6.08 Å². The normalized spacial score (nSPS) is 32.1. The number of carbonyl (C=O) groups is 1. The van der Waals surface area contributed by atoms with Crippen LogP contribution in [0.15, 0.2) is 30.3 Å². The van der Waals surface area contributed by atoms with Gasteiger partial charge in [-0.15, -0.1) is 0 Å². The molecule has 0 bridgehead atoms. The van der Waals surface area contributed by atoms with Crippen molar-refractivity contribution in [3.63, 3.8) is 0 Å². The number of hydrogen-bond donors (Lipinski definition) is 1. The largest absolute Gasteiger partial charge is 0.298 e. The molecule has 3 rings (SSSR count). The van der Waals surface area contributed by atoms with E-state index < -0.39 is 5.54 Å². The van der Waals surface area contributed by atoms with Crippen molar-refractivity contribution in [3.05, 3.63) is 41.5 Å². The van der Waals surface area contributed by atoms with Gasteiger partial charge in [0, 0.05) is 6.04 Å². The van der Waals surface area contributed by atoms with Crippen LogP contribution in [0.5, 0.6) is 0 Å². The van der Waals surface area contributed by atoms with Crippen LogP contribution in [0.4, 0.5) is 0 Å². The Hall–Kier alpha value is -1.41. The summed E-state index contributed by atoms with van der Waals surface area (Å²) in [6, 6.07) is 8.60. The Kier molecular flexibility index (Phi) is 2.01. The van der Waals surface area contributed by atoms with Crippen molar-refractivity contribution < 1.29 is 4.79 Å². The zero-order valence-corrected chi connectivity index (χ0v) is 9.36. The highest BCUT2D eigenvalue weighted by molar-refractivity contribution is 6.05. The van der Waals surface area contributed by atoms with E-state index >= 15 is 0 Å². The summed E-state index contributed by atoms with van der Waals surface area (Å²) in [5.74, 6) is 0.204. The van der Waals surface area contributed by atoms with Crippen molar-refractivity contribution in [3.8, 4) is 0 Å². The average Bonchev–Trinajstić information content (AvgIpc) is 2.68. The first-order valence-electron chi connectivity index (χ1n) is 5.82. The van der Waals surface area contributed by atoms with Crippen LogP contribution < -0.4 is 5.32 Å². The third-order valence-corrected chi connectivity index (χ3v) is 3.70. The van der Waals surface area contributed by atoms with Crippen molar-refractivity contribution in [2.75, 3.05) is 0 Å². The molecule has 1 aliphatic heterocycles. The molecule has 0 saturated carbocycles. The topological polar surface area (TPSA) is 29.1 Å². The Morgan fingerprint density at radius 2 is 2.12 bits per heavy atom. The lowest BCUT2D eigenvalue weighted by molar-refractivity contribution is -0.120. The molecule has 1 aromatic carbocycles. The second-order valence-corrected chi connectivity index (χ2v) is 4.77. The smallest absolute Gasteiger partial charge is 0.180 e. The summed E-state index contributed by atoms with van der Waals surface area (Å²) in [5.41, 5.74) is 1.88. The maximum atomic E-state index is 12.2. The van der Waals surface area contributed by atoms with Gasteiger partial charge in [0.05, 0.1) is 0 Å². The Bertz CT molecular complexity index is 477. The van der Waals surface area contributed by atoms with Crippen molar-refractivity contribution in [2.45, 2.75) is 31.3 Å². The molecule has 1 heterocycles. The van der Waals surface area contributed by atoms with Gasteiger partial charge in [0.2, 0.25) is 0 Å². The van der Waals surface area contributed by atoms with Crippen LogP contribution in [0.25, 0.3) is 6.08 Å². The first-order valence-corrected chi connectivity index (χ1v) is 5.82. The van der Waals surface area contributed by atoms with Gasteiger partial charge in [0.25, 0.3) is 0 Å². The van der Waals surface area contributed by atoms with E-state index in [-0.39, 0.29) is 5.78 Å². The van der Waals surface area contributed by atoms with E-state index in [4.69, 9.17) is 0 Å². The van der Waals surface area contributed by atoms with E-state index in [2.05, 4.69) is 24.4 Å². The standard InChI is InChI=1S/C14H15NO/c1-10-8-9-14(15-10)12-5-3-2-4-11(12)6-7-13(14)16/h2-7,10,15H,8-9H2,1H3/t10-,14-/m0/s1. The Morgan fingerprint density at radius 1 is 1.31 bits per heavy atom. The highest BCUT2D eigenvalue weighted by atomic mass is 16.1. The summed E-state index contributed by atoms with van der Waals surface area (Å²) in [6.45, 7) is 2.14. The minimum Gasteiger partial charge on any atom is -0.298 e. The van der Waals surface area contributed by atoms with Crippen LogP contribution in [0.2, 0.25) is 0 Å². The minimum absolute atomic E-state index is 0.204. The fraction of sp³-hybridized carbons (Fsp3) is 0.357. The molecular weight excluding hydrogens is 198 g/mol. The lowest BCUT2D eigenvalue weighted by Gasteiger charge is -2.32. The molecule has 2 heteroatoms. The maximum Gasteiger partial charge on any atom is 0.180 e. The third kappa shape index (κ3) is 1.20. The van der Waals surface area contributed by atoms with Crippen molar-refractivity contribution in [1.82, 2.24) is 5.32 Å². The van der Waals surface area contributed by atoms with Crippen molar-refractivity contribution in [1.29, 1.82) is 0 Å². The SMILES string of the molecule is C[C@H]1CC[C@@]2(N1)C(=O)C=Cc1ccccc12. The summed E-state index contributed by atoms with van der Waals surface area (Å²) in [4.78, 5) is 12.2. The molecule has 1 N–H and O–H groups in total. The van der Waals surface area contributed by atoms with Gasteiger partial charge >= 0.3 is 0 Å².